The number of carbonyl (C=O) groups excluding carboxylic acids is 2. The van der Waals surface area contributed by atoms with E-state index in [9.17, 15) is 26.8 Å². The molecule has 0 radical (unpaired) electrons. The Morgan fingerprint density at radius 2 is 1.83 bits per heavy atom. The van der Waals surface area contributed by atoms with E-state index in [2.05, 4.69) is 0 Å². The van der Waals surface area contributed by atoms with Gasteiger partial charge in [-0.1, -0.05) is 6.92 Å². The smallest absolute Gasteiger partial charge is 0.329 e. The van der Waals surface area contributed by atoms with Crippen LogP contribution in [0.3, 0.4) is 0 Å². The molecule has 9 heteroatoms. The average Bonchev–Trinajstić information content (AvgIpc) is 3.30. The predicted molar refractivity (Wildman–Crippen MR) is 103 cm³/mol. The molecule has 0 aromatic heterocycles. The van der Waals surface area contributed by atoms with Crippen molar-refractivity contribution in [1.82, 2.24) is 4.31 Å². The predicted octanol–water partition coefficient (Wildman–Crippen LogP) is 3.41. The minimum Gasteiger partial charge on any atom is -0.425 e. The molecule has 2 aromatic rings. The molecule has 30 heavy (non-hydrogen) atoms. The number of hydrogen-bond acceptors (Lipinski definition) is 5. The van der Waals surface area contributed by atoms with Crippen molar-refractivity contribution < 1.29 is 31.5 Å². The largest absolute Gasteiger partial charge is 0.425 e. The Labute approximate surface area is 172 Å². The van der Waals surface area contributed by atoms with Gasteiger partial charge in [-0.2, -0.15) is 4.31 Å². The van der Waals surface area contributed by atoms with Gasteiger partial charge in [0.25, 0.3) is 0 Å². The summed E-state index contributed by atoms with van der Waals surface area (Å²) < 4.78 is 59.6. The van der Waals surface area contributed by atoms with Crippen LogP contribution in [-0.2, 0) is 14.8 Å². The van der Waals surface area contributed by atoms with Gasteiger partial charge in [0.05, 0.1) is 10.5 Å². The summed E-state index contributed by atoms with van der Waals surface area (Å²) in [5.74, 6) is -2.65. The molecule has 1 heterocycles. The molecule has 0 N–H and O–H groups in total. The number of ketones is 1. The van der Waals surface area contributed by atoms with Gasteiger partial charge in [0.15, 0.2) is 5.78 Å². The maximum atomic E-state index is 14.2. The van der Waals surface area contributed by atoms with Crippen LogP contribution in [0.15, 0.2) is 41.3 Å². The maximum absolute atomic E-state index is 14.2. The lowest BCUT2D eigenvalue weighted by Gasteiger charge is -2.23. The molecule has 1 aliphatic carbocycles. The van der Waals surface area contributed by atoms with Crippen LogP contribution in [0.2, 0.25) is 0 Å². The lowest BCUT2D eigenvalue weighted by Crippen LogP contribution is -2.42. The summed E-state index contributed by atoms with van der Waals surface area (Å²) in [7, 11) is -4.04. The van der Waals surface area contributed by atoms with Gasteiger partial charge >= 0.3 is 5.97 Å². The zero-order chi connectivity index (χ0) is 21.6. The lowest BCUT2D eigenvalue weighted by atomic mass is 10.0. The van der Waals surface area contributed by atoms with Crippen molar-refractivity contribution >= 4 is 21.8 Å². The standard InChI is InChI=1S/C21H19F2NO5S/c1-12-11-17(25)20-18(9-8-15(23)19(12)20)29-21(26)16-3-2-10-24(16)30(27,28)14-6-4-13(22)5-7-14/h4-9,12,16H,2-3,10-11H2,1H3/t12?,16-/m0/s1. The number of rotatable bonds is 4. The number of hydrogen-bond donors (Lipinski definition) is 0. The monoisotopic (exact) mass is 435 g/mol. The van der Waals surface area contributed by atoms with Crippen LogP contribution >= 0.6 is 0 Å². The number of fused-ring (bicyclic) bond motifs is 1. The highest BCUT2D eigenvalue weighted by atomic mass is 32.2. The molecule has 158 valence electrons. The van der Waals surface area contributed by atoms with Crippen molar-refractivity contribution in [2.45, 2.75) is 43.0 Å². The summed E-state index contributed by atoms with van der Waals surface area (Å²) in [6.07, 6.45) is 0.806. The summed E-state index contributed by atoms with van der Waals surface area (Å²) in [5.41, 5.74) is 0.259. The van der Waals surface area contributed by atoms with Gasteiger partial charge in [-0.25, -0.2) is 22.0 Å². The van der Waals surface area contributed by atoms with E-state index in [1.165, 1.54) is 6.07 Å². The Bertz CT molecular complexity index is 1130. The van der Waals surface area contributed by atoms with Gasteiger partial charge in [0.2, 0.25) is 10.0 Å². The molecule has 1 aliphatic heterocycles. The van der Waals surface area contributed by atoms with Gasteiger partial charge in [-0.15, -0.1) is 0 Å². The molecular weight excluding hydrogens is 416 g/mol. The first-order chi connectivity index (χ1) is 14.2. The molecule has 2 aliphatic rings. The Balaban J connectivity index is 1.62. The normalized spacial score (nSPS) is 21.6. The summed E-state index contributed by atoms with van der Waals surface area (Å²) >= 11 is 0. The van der Waals surface area contributed by atoms with E-state index in [4.69, 9.17) is 4.74 Å². The number of sulfonamides is 1. The second kappa shape index (κ2) is 7.55. The van der Waals surface area contributed by atoms with Crippen molar-refractivity contribution in [2.75, 3.05) is 6.54 Å². The summed E-state index contributed by atoms with van der Waals surface area (Å²) in [6, 6.07) is 5.61. The van der Waals surface area contributed by atoms with Crippen LogP contribution in [0.5, 0.6) is 5.75 Å². The molecule has 2 aromatic carbocycles. The van der Waals surface area contributed by atoms with Gasteiger partial charge in [-0.3, -0.25) is 4.79 Å². The fourth-order valence-corrected chi connectivity index (χ4v) is 5.74. The van der Waals surface area contributed by atoms with Crippen molar-refractivity contribution in [2.24, 2.45) is 0 Å². The van der Waals surface area contributed by atoms with Crippen LogP contribution in [0, 0.1) is 11.6 Å². The topological polar surface area (TPSA) is 80.8 Å². The number of halogens is 2. The second-order valence-corrected chi connectivity index (χ2v) is 9.40. The highest BCUT2D eigenvalue weighted by molar-refractivity contribution is 7.89. The maximum Gasteiger partial charge on any atom is 0.329 e. The summed E-state index contributed by atoms with van der Waals surface area (Å²) in [6.45, 7) is 1.82. The Morgan fingerprint density at radius 1 is 1.13 bits per heavy atom. The number of carbonyl (C=O) groups is 2. The van der Waals surface area contributed by atoms with Crippen molar-refractivity contribution in [1.29, 1.82) is 0 Å². The molecule has 0 spiro atoms. The fourth-order valence-electron chi connectivity index (χ4n) is 4.09. The van der Waals surface area contributed by atoms with E-state index in [1.807, 2.05) is 0 Å². The zero-order valence-corrected chi connectivity index (χ0v) is 16.9. The third kappa shape index (κ3) is 3.41. The molecule has 2 atom stereocenters. The van der Waals surface area contributed by atoms with Crippen LogP contribution in [0.4, 0.5) is 8.78 Å². The molecule has 0 saturated carbocycles. The minimum absolute atomic E-state index is 0.0433. The third-order valence-corrected chi connectivity index (χ3v) is 7.45. The van der Waals surface area contributed by atoms with Gasteiger partial charge < -0.3 is 4.74 Å². The number of esters is 1. The molecule has 4 rings (SSSR count). The van der Waals surface area contributed by atoms with Crippen LogP contribution in [0.25, 0.3) is 0 Å². The molecule has 6 nitrogen and oxygen atoms in total. The van der Waals surface area contributed by atoms with Crippen molar-refractivity contribution in [3.8, 4) is 5.75 Å². The molecule has 1 unspecified atom stereocenters. The van der Waals surface area contributed by atoms with Crippen molar-refractivity contribution in [3.63, 3.8) is 0 Å². The molecule has 0 bridgehead atoms. The minimum atomic E-state index is -4.04. The summed E-state index contributed by atoms with van der Waals surface area (Å²) in [5, 5.41) is 0. The lowest BCUT2D eigenvalue weighted by molar-refractivity contribution is -0.137. The summed E-state index contributed by atoms with van der Waals surface area (Å²) in [4.78, 5) is 25.0. The third-order valence-electron chi connectivity index (χ3n) is 5.52. The van der Waals surface area contributed by atoms with E-state index >= 15 is 0 Å². The first-order valence-electron chi connectivity index (χ1n) is 9.55. The highest BCUT2D eigenvalue weighted by Gasteiger charge is 2.41. The SMILES string of the molecule is CC1CC(=O)c2c(OC(=O)[C@@H]3CCCN3S(=O)(=O)c3ccc(F)cc3)ccc(F)c21. The van der Waals surface area contributed by atoms with Crippen LogP contribution in [0.1, 0.15) is 48.0 Å². The first-order valence-corrected chi connectivity index (χ1v) is 11.0. The quantitative estimate of drug-likeness (QED) is 0.543. The van der Waals surface area contributed by atoms with E-state index in [0.717, 1.165) is 34.6 Å². The highest BCUT2D eigenvalue weighted by Crippen LogP contribution is 2.40. The Morgan fingerprint density at radius 3 is 2.53 bits per heavy atom. The fraction of sp³-hybridized carbons (Fsp3) is 0.333. The van der Waals surface area contributed by atoms with E-state index in [0.29, 0.717) is 6.42 Å². The number of ether oxygens (including phenoxy) is 1. The Kier molecular flexibility index (Phi) is 5.19. The number of benzene rings is 2. The van der Waals surface area contributed by atoms with E-state index in [-0.39, 0.29) is 52.9 Å². The zero-order valence-electron chi connectivity index (χ0n) is 16.1. The van der Waals surface area contributed by atoms with E-state index < -0.39 is 33.7 Å². The molecule has 0 amide bonds. The van der Waals surface area contributed by atoms with Crippen molar-refractivity contribution in [3.05, 3.63) is 59.2 Å². The van der Waals surface area contributed by atoms with Gasteiger partial charge in [0, 0.05) is 18.5 Å². The van der Waals surface area contributed by atoms with Gasteiger partial charge in [-0.05, 0) is 55.2 Å². The molecule has 1 fully saturated rings. The number of nitrogens with zero attached hydrogens (tertiary/aromatic N) is 1. The van der Waals surface area contributed by atoms with Crippen LogP contribution < -0.4 is 4.74 Å². The van der Waals surface area contributed by atoms with Crippen LogP contribution in [-0.4, -0.2) is 37.1 Å². The molecule has 1 saturated heterocycles. The first kappa shape index (κ1) is 20.6. The van der Waals surface area contributed by atoms with E-state index in [1.54, 1.807) is 6.92 Å². The number of Topliss-reactive ketones (excluding diaryl/α,β-unsaturated/α-hetero) is 1. The second-order valence-electron chi connectivity index (χ2n) is 7.51. The van der Waals surface area contributed by atoms with Gasteiger partial charge in [0.1, 0.15) is 23.4 Å². The molecular formula is C21H19F2NO5S. The Hall–Kier alpha value is -2.65. The average molecular weight is 435 g/mol.